The Morgan fingerprint density at radius 1 is 1.26 bits per heavy atom. The van der Waals surface area contributed by atoms with E-state index in [1.165, 1.54) is 0 Å². The molecule has 128 valence electrons. The Hall–Kier alpha value is -1.43. The number of aromatic nitrogens is 2. The molecule has 1 saturated heterocycles. The van der Waals surface area contributed by atoms with Gasteiger partial charge in [-0.25, -0.2) is 0 Å². The summed E-state index contributed by atoms with van der Waals surface area (Å²) in [4.78, 5) is 14.9. The smallest absolute Gasteiger partial charge is 0.225 e. The summed E-state index contributed by atoms with van der Waals surface area (Å²) in [7, 11) is 0. The summed E-state index contributed by atoms with van der Waals surface area (Å²) in [5, 5.41) is 17.9. The Bertz CT molecular complexity index is 537. The normalized spacial score (nSPS) is 32.0. The summed E-state index contributed by atoms with van der Waals surface area (Å²) in [6, 6.07) is 0.0910. The van der Waals surface area contributed by atoms with Gasteiger partial charge in [0.2, 0.25) is 17.7 Å². The fourth-order valence-electron chi connectivity index (χ4n) is 3.90. The van der Waals surface area contributed by atoms with Crippen LogP contribution in [0, 0.1) is 5.92 Å². The van der Waals surface area contributed by atoms with E-state index < -0.39 is 0 Å². The summed E-state index contributed by atoms with van der Waals surface area (Å²) in [5.74, 6) is 1.77. The average molecular weight is 321 g/mol. The van der Waals surface area contributed by atoms with Gasteiger partial charge in [0.15, 0.2) is 0 Å². The lowest BCUT2D eigenvalue weighted by Crippen LogP contribution is -2.49. The third kappa shape index (κ3) is 3.42. The first-order valence-electron chi connectivity index (χ1n) is 8.91. The highest BCUT2D eigenvalue weighted by Gasteiger charge is 2.38. The van der Waals surface area contributed by atoms with Crippen molar-refractivity contribution in [2.24, 2.45) is 5.92 Å². The van der Waals surface area contributed by atoms with E-state index >= 15 is 0 Å². The van der Waals surface area contributed by atoms with Crippen molar-refractivity contribution in [3.63, 3.8) is 0 Å². The van der Waals surface area contributed by atoms with Gasteiger partial charge in [-0.05, 0) is 45.4 Å². The van der Waals surface area contributed by atoms with Crippen LogP contribution in [0.1, 0.15) is 70.1 Å². The zero-order chi connectivity index (χ0) is 16.4. The lowest BCUT2D eigenvalue weighted by atomic mass is 9.84. The van der Waals surface area contributed by atoms with Crippen LogP contribution in [0.5, 0.6) is 0 Å². The molecule has 0 spiro atoms. The molecule has 23 heavy (non-hydrogen) atoms. The number of aliphatic hydroxyl groups is 1. The highest BCUT2D eigenvalue weighted by Crippen LogP contribution is 2.34. The van der Waals surface area contributed by atoms with Gasteiger partial charge in [-0.2, -0.15) is 0 Å². The SMILES string of the molecule is CCc1nnc([C@H]2CCCN(C(=O)C3CCC(O)CC3)[C@H]2C)o1. The first-order chi connectivity index (χ1) is 11.1. The molecular weight excluding hydrogens is 294 g/mol. The van der Waals surface area contributed by atoms with Gasteiger partial charge in [-0.15, -0.1) is 10.2 Å². The van der Waals surface area contributed by atoms with Gasteiger partial charge in [0.1, 0.15) is 0 Å². The van der Waals surface area contributed by atoms with Gasteiger partial charge in [0.05, 0.1) is 12.0 Å². The Morgan fingerprint density at radius 2 is 2.00 bits per heavy atom. The van der Waals surface area contributed by atoms with E-state index in [2.05, 4.69) is 17.1 Å². The van der Waals surface area contributed by atoms with Crippen molar-refractivity contribution in [2.45, 2.75) is 76.9 Å². The Kier molecular flexibility index (Phi) is 4.99. The summed E-state index contributed by atoms with van der Waals surface area (Å²) >= 11 is 0. The second kappa shape index (κ2) is 6.99. The monoisotopic (exact) mass is 321 g/mol. The number of nitrogens with zero attached hydrogens (tertiary/aromatic N) is 3. The molecule has 2 aliphatic rings. The molecule has 0 radical (unpaired) electrons. The Labute approximate surface area is 137 Å². The second-order valence-corrected chi connectivity index (χ2v) is 6.91. The lowest BCUT2D eigenvalue weighted by Gasteiger charge is -2.40. The highest BCUT2D eigenvalue weighted by molar-refractivity contribution is 5.79. The first kappa shape index (κ1) is 16.4. The maximum absolute atomic E-state index is 12.9. The fraction of sp³-hybridized carbons (Fsp3) is 0.824. The van der Waals surface area contributed by atoms with Gasteiger partial charge in [0.25, 0.3) is 0 Å². The van der Waals surface area contributed by atoms with Crippen LogP contribution in [0.2, 0.25) is 0 Å². The Balaban J connectivity index is 1.69. The van der Waals surface area contributed by atoms with E-state index in [-0.39, 0.29) is 29.9 Å². The molecule has 1 aliphatic carbocycles. The number of rotatable bonds is 3. The van der Waals surface area contributed by atoms with Crippen LogP contribution < -0.4 is 0 Å². The van der Waals surface area contributed by atoms with Gasteiger partial charge in [-0.3, -0.25) is 4.79 Å². The summed E-state index contributed by atoms with van der Waals surface area (Å²) < 4.78 is 5.74. The minimum Gasteiger partial charge on any atom is -0.425 e. The fourth-order valence-corrected chi connectivity index (χ4v) is 3.90. The quantitative estimate of drug-likeness (QED) is 0.924. The van der Waals surface area contributed by atoms with Crippen LogP contribution in [-0.4, -0.2) is 44.8 Å². The molecule has 0 bridgehead atoms. The third-order valence-corrected chi connectivity index (χ3v) is 5.42. The minimum atomic E-state index is -0.226. The summed E-state index contributed by atoms with van der Waals surface area (Å²) in [6.07, 6.45) is 5.55. The van der Waals surface area contributed by atoms with Crippen molar-refractivity contribution < 1.29 is 14.3 Å². The number of amides is 1. The van der Waals surface area contributed by atoms with Gasteiger partial charge in [-0.1, -0.05) is 6.92 Å². The number of hydrogen-bond donors (Lipinski definition) is 1. The largest absolute Gasteiger partial charge is 0.425 e. The van der Waals surface area contributed by atoms with E-state index in [1.54, 1.807) is 0 Å². The van der Waals surface area contributed by atoms with Crippen molar-refractivity contribution in [1.82, 2.24) is 15.1 Å². The molecule has 1 saturated carbocycles. The molecule has 0 unspecified atom stereocenters. The molecule has 3 rings (SSSR count). The van der Waals surface area contributed by atoms with E-state index in [4.69, 9.17) is 4.42 Å². The highest BCUT2D eigenvalue weighted by atomic mass is 16.4. The van der Waals surface area contributed by atoms with Crippen LogP contribution in [0.25, 0.3) is 0 Å². The number of aliphatic hydroxyl groups excluding tert-OH is 1. The molecular formula is C17H27N3O3. The number of hydrogen-bond acceptors (Lipinski definition) is 5. The van der Waals surface area contributed by atoms with E-state index in [9.17, 15) is 9.90 Å². The van der Waals surface area contributed by atoms with Crippen molar-refractivity contribution in [3.05, 3.63) is 11.8 Å². The number of likely N-dealkylation sites (tertiary alicyclic amines) is 1. The van der Waals surface area contributed by atoms with E-state index in [0.29, 0.717) is 11.8 Å². The van der Waals surface area contributed by atoms with Crippen molar-refractivity contribution >= 4 is 5.91 Å². The molecule has 0 aromatic carbocycles. The molecule has 6 nitrogen and oxygen atoms in total. The van der Waals surface area contributed by atoms with Crippen LogP contribution in [-0.2, 0) is 11.2 Å². The maximum Gasteiger partial charge on any atom is 0.225 e. The van der Waals surface area contributed by atoms with Gasteiger partial charge >= 0.3 is 0 Å². The molecule has 2 atom stereocenters. The Morgan fingerprint density at radius 3 is 2.65 bits per heavy atom. The van der Waals surface area contributed by atoms with Crippen LogP contribution in [0.3, 0.4) is 0 Å². The standard InChI is InChI=1S/C17H27N3O3/c1-3-15-18-19-16(23-15)14-5-4-10-20(11(14)2)17(22)12-6-8-13(21)9-7-12/h11-14,21H,3-10H2,1-2H3/t11-,12?,13?,14-/m0/s1. The molecule has 2 fully saturated rings. The first-order valence-corrected chi connectivity index (χ1v) is 8.91. The predicted molar refractivity (Wildman–Crippen MR) is 84.8 cm³/mol. The maximum atomic E-state index is 12.9. The zero-order valence-electron chi connectivity index (χ0n) is 14.1. The minimum absolute atomic E-state index is 0.0634. The van der Waals surface area contributed by atoms with Crippen molar-refractivity contribution in [2.75, 3.05) is 6.54 Å². The second-order valence-electron chi connectivity index (χ2n) is 6.91. The van der Waals surface area contributed by atoms with Crippen molar-refractivity contribution in [3.8, 4) is 0 Å². The van der Waals surface area contributed by atoms with E-state index in [0.717, 1.165) is 51.5 Å². The average Bonchev–Trinajstić information content (AvgIpc) is 3.04. The number of piperidine rings is 1. The lowest BCUT2D eigenvalue weighted by molar-refractivity contribution is -0.141. The zero-order valence-corrected chi connectivity index (χ0v) is 14.1. The molecule has 2 heterocycles. The summed E-state index contributed by atoms with van der Waals surface area (Å²) in [6.45, 7) is 4.90. The molecule has 1 aromatic rings. The van der Waals surface area contributed by atoms with Crippen molar-refractivity contribution in [1.29, 1.82) is 0 Å². The number of carbonyl (C=O) groups is 1. The topological polar surface area (TPSA) is 79.5 Å². The predicted octanol–water partition coefficient (Wildman–Crippen LogP) is 2.28. The van der Waals surface area contributed by atoms with Crippen LogP contribution in [0.4, 0.5) is 0 Å². The number of aryl methyl sites for hydroxylation is 1. The van der Waals surface area contributed by atoms with Gasteiger partial charge < -0.3 is 14.4 Å². The van der Waals surface area contributed by atoms with Crippen LogP contribution in [0.15, 0.2) is 4.42 Å². The van der Waals surface area contributed by atoms with Crippen LogP contribution >= 0.6 is 0 Å². The third-order valence-electron chi connectivity index (χ3n) is 5.42. The molecule has 1 N–H and O–H groups in total. The van der Waals surface area contributed by atoms with Gasteiger partial charge in [0, 0.05) is 24.9 Å². The van der Waals surface area contributed by atoms with E-state index in [1.807, 2.05) is 11.8 Å². The molecule has 1 aromatic heterocycles. The molecule has 1 aliphatic heterocycles. The molecule has 1 amide bonds. The summed E-state index contributed by atoms with van der Waals surface area (Å²) in [5.41, 5.74) is 0. The number of carbonyl (C=O) groups excluding carboxylic acids is 1. The molecule has 6 heteroatoms.